The van der Waals surface area contributed by atoms with Gasteiger partial charge in [-0.3, -0.25) is 4.79 Å². The zero-order valence-corrected chi connectivity index (χ0v) is 8.04. The first kappa shape index (κ1) is 9.78. The Morgan fingerprint density at radius 3 is 2.77 bits per heavy atom. The predicted octanol–water partition coefficient (Wildman–Crippen LogP) is 2.01. The maximum absolute atomic E-state index is 11.4. The molecule has 0 aliphatic carbocycles. The van der Waals surface area contributed by atoms with Gasteiger partial charge in [0, 0.05) is 0 Å². The topological polar surface area (TPSA) is 26.3 Å². The lowest BCUT2D eigenvalue weighted by atomic mass is 10.2. The Bertz CT molecular complexity index is 331. The van der Waals surface area contributed by atoms with Gasteiger partial charge in [0.25, 0.3) is 0 Å². The summed E-state index contributed by atoms with van der Waals surface area (Å²) < 4.78 is 4.93. The minimum absolute atomic E-state index is 0.0454. The molecule has 2 nitrogen and oxygen atoms in total. The molecule has 1 aromatic carbocycles. The minimum Gasteiger partial charge on any atom is -0.493 e. The molecule has 13 heavy (non-hydrogen) atoms. The van der Waals surface area contributed by atoms with E-state index in [0.29, 0.717) is 5.75 Å². The van der Waals surface area contributed by atoms with E-state index in [9.17, 15) is 4.79 Å². The smallest absolute Gasteiger partial charge is 0.220 e. The summed E-state index contributed by atoms with van der Waals surface area (Å²) in [5.74, 6) is 0.405. The Morgan fingerprint density at radius 2 is 2.15 bits per heavy atom. The van der Waals surface area contributed by atoms with Gasteiger partial charge in [0.05, 0.1) is 7.11 Å². The Hall–Kier alpha value is -1.31. The fraction of sp³-hybridized carbons (Fsp3) is 0.364. The highest BCUT2D eigenvalue weighted by molar-refractivity contribution is 5.25. The molecule has 0 spiro atoms. The predicted molar refractivity (Wildman–Crippen MR) is 53.3 cm³/mol. The summed E-state index contributed by atoms with van der Waals surface area (Å²) in [5.41, 5.74) is 1.02. The normalized spacial score (nSPS) is 9.69. The van der Waals surface area contributed by atoms with Crippen LogP contribution in [-0.4, -0.2) is 7.11 Å². The highest BCUT2D eigenvalue weighted by Gasteiger charge is 1.96. The van der Waals surface area contributed by atoms with Crippen molar-refractivity contribution >= 4 is 0 Å². The molecule has 0 amide bonds. The molecule has 0 radical (unpaired) electrons. The highest BCUT2D eigenvalue weighted by atomic mass is 16.5. The molecule has 0 saturated carbocycles. The number of hydrogen-bond acceptors (Lipinski definition) is 2. The summed E-state index contributed by atoms with van der Waals surface area (Å²) in [6, 6.07) is 7.14. The van der Waals surface area contributed by atoms with Crippen LogP contribution in [-0.2, 0) is 6.42 Å². The van der Waals surface area contributed by atoms with Crippen molar-refractivity contribution in [1.82, 2.24) is 0 Å². The number of methoxy groups -OCH3 is 1. The summed E-state index contributed by atoms with van der Waals surface area (Å²) in [7, 11) is 1.51. The molecule has 0 fully saturated rings. The van der Waals surface area contributed by atoms with Crippen LogP contribution in [0.25, 0.3) is 0 Å². The average molecular weight is 178 g/mol. The first-order chi connectivity index (χ1) is 6.27. The lowest BCUT2D eigenvalue weighted by Crippen LogP contribution is -2.00. The van der Waals surface area contributed by atoms with Gasteiger partial charge >= 0.3 is 0 Å². The standard InChI is InChI=1S/C11H14O2/c1-3-5-9-6-4-7-11(13-2)10(12)8-9/h4,6-8H,3,5H2,1-2H3. The molecule has 1 aromatic rings. The average Bonchev–Trinajstić information content (AvgIpc) is 2.28. The summed E-state index contributed by atoms with van der Waals surface area (Å²) in [6.07, 6.45) is 1.98. The van der Waals surface area contributed by atoms with Crippen LogP contribution in [0.15, 0.2) is 29.1 Å². The SMILES string of the molecule is CCCc1cccc(OC)c(=O)c1. The molecule has 0 heterocycles. The summed E-state index contributed by atoms with van der Waals surface area (Å²) in [6.45, 7) is 2.09. The lowest BCUT2D eigenvalue weighted by molar-refractivity contribution is 0.411. The second-order valence-electron chi connectivity index (χ2n) is 2.93. The van der Waals surface area contributed by atoms with Crippen LogP contribution < -0.4 is 10.2 Å². The fourth-order valence-electron chi connectivity index (χ4n) is 1.24. The van der Waals surface area contributed by atoms with Crippen LogP contribution in [0, 0.1) is 0 Å². The van der Waals surface area contributed by atoms with Gasteiger partial charge in [-0.05, 0) is 24.1 Å². The van der Waals surface area contributed by atoms with Crippen LogP contribution in [0.2, 0.25) is 0 Å². The van der Waals surface area contributed by atoms with Crippen LogP contribution in [0.5, 0.6) is 5.75 Å². The van der Waals surface area contributed by atoms with E-state index >= 15 is 0 Å². The van der Waals surface area contributed by atoms with Gasteiger partial charge in [0.15, 0.2) is 5.75 Å². The zero-order chi connectivity index (χ0) is 9.68. The molecule has 0 saturated heterocycles. The van der Waals surface area contributed by atoms with Crippen molar-refractivity contribution in [3.05, 3.63) is 40.1 Å². The first-order valence-corrected chi connectivity index (χ1v) is 4.45. The molecule has 0 N–H and O–H groups in total. The lowest BCUT2D eigenvalue weighted by Gasteiger charge is -1.91. The van der Waals surface area contributed by atoms with Crippen molar-refractivity contribution in [2.45, 2.75) is 19.8 Å². The third kappa shape index (κ3) is 2.58. The van der Waals surface area contributed by atoms with Crippen LogP contribution in [0.3, 0.4) is 0 Å². The van der Waals surface area contributed by atoms with E-state index < -0.39 is 0 Å². The summed E-state index contributed by atoms with van der Waals surface area (Å²) in [4.78, 5) is 11.4. The molecule has 2 heteroatoms. The molecular weight excluding hydrogens is 164 g/mol. The monoisotopic (exact) mass is 178 g/mol. The van der Waals surface area contributed by atoms with Crippen molar-refractivity contribution in [3.63, 3.8) is 0 Å². The van der Waals surface area contributed by atoms with Crippen LogP contribution in [0.4, 0.5) is 0 Å². The number of aryl methyl sites for hydroxylation is 1. The van der Waals surface area contributed by atoms with Gasteiger partial charge < -0.3 is 4.74 Å². The Morgan fingerprint density at radius 1 is 1.38 bits per heavy atom. The van der Waals surface area contributed by atoms with Crippen molar-refractivity contribution in [1.29, 1.82) is 0 Å². The molecule has 0 atom stereocenters. The van der Waals surface area contributed by atoms with E-state index in [4.69, 9.17) is 4.74 Å². The number of rotatable bonds is 3. The van der Waals surface area contributed by atoms with Gasteiger partial charge in [-0.1, -0.05) is 25.5 Å². The molecule has 0 aliphatic rings. The van der Waals surface area contributed by atoms with E-state index in [1.54, 1.807) is 12.1 Å². The number of hydrogen-bond donors (Lipinski definition) is 0. The highest BCUT2D eigenvalue weighted by Crippen LogP contribution is 2.04. The quantitative estimate of drug-likeness (QED) is 0.707. The fourth-order valence-corrected chi connectivity index (χ4v) is 1.24. The molecule has 0 bridgehead atoms. The van der Waals surface area contributed by atoms with Gasteiger partial charge in [-0.25, -0.2) is 0 Å². The van der Waals surface area contributed by atoms with Crippen molar-refractivity contribution in [2.75, 3.05) is 7.11 Å². The van der Waals surface area contributed by atoms with Gasteiger partial charge in [0.2, 0.25) is 5.43 Å². The van der Waals surface area contributed by atoms with E-state index in [2.05, 4.69) is 6.92 Å². The summed E-state index contributed by atoms with van der Waals surface area (Å²) >= 11 is 0. The second kappa shape index (κ2) is 4.65. The van der Waals surface area contributed by atoms with Crippen molar-refractivity contribution in [2.24, 2.45) is 0 Å². The van der Waals surface area contributed by atoms with E-state index in [0.717, 1.165) is 18.4 Å². The van der Waals surface area contributed by atoms with Gasteiger partial charge in [-0.2, -0.15) is 0 Å². The van der Waals surface area contributed by atoms with E-state index in [-0.39, 0.29) is 5.43 Å². The third-order valence-corrected chi connectivity index (χ3v) is 1.88. The van der Waals surface area contributed by atoms with Crippen LogP contribution in [0.1, 0.15) is 18.9 Å². The molecule has 1 rings (SSSR count). The zero-order valence-electron chi connectivity index (χ0n) is 8.04. The first-order valence-electron chi connectivity index (χ1n) is 4.45. The molecular formula is C11H14O2. The van der Waals surface area contributed by atoms with E-state index in [1.165, 1.54) is 7.11 Å². The third-order valence-electron chi connectivity index (χ3n) is 1.88. The maximum atomic E-state index is 11.4. The van der Waals surface area contributed by atoms with Crippen molar-refractivity contribution in [3.8, 4) is 5.75 Å². The maximum Gasteiger partial charge on any atom is 0.220 e. The van der Waals surface area contributed by atoms with E-state index in [1.807, 2.05) is 12.1 Å². The minimum atomic E-state index is -0.0454. The Labute approximate surface area is 78.2 Å². The van der Waals surface area contributed by atoms with Crippen molar-refractivity contribution < 1.29 is 4.74 Å². The summed E-state index contributed by atoms with van der Waals surface area (Å²) in [5, 5.41) is 0. The number of ether oxygens (including phenoxy) is 1. The second-order valence-corrected chi connectivity index (χ2v) is 2.93. The molecule has 0 aromatic heterocycles. The Balaban J connectivity index is 3.12. The molecule has 70 valence electrons. The molecule has 0 aliphatic heterocycles. The molecule has 0 unspecified atom stereocenters. The largest absolute Gasteiger partial charge is 0.493 e. The van der Waals surface area contributed by atoms with Gasteiger partial charge in [-0.15, -0.1) is 0 Å². The van der Waals surface area contributed by atoms with Crippen LogP contribution >= 0.6 is 0 Å². The Kier molecular flexibility index (Phi) is 3.50. The van der Waals surface area contributed by atoms with Gasteiger partial charge in [0.1, 0.15) is 0 Å².